The van der Waals surface area contributed by atoms with Crippen molar-refractivity contribution in [1.29, 1.82) is 0 Å². The smallest absolute Gasteiger partial charge is 0.262 e. The van der Waals surface area contributed by atoms with Crippen LogP contribution in [0.3, 0.4) is 0 Å². The number of rotatable bonds is 5. The molecule has 20 heavy (non-hydrogen) atoms. The van der Waals surface area contributed by atoms with E-state index in [9.17, 15) is 4.79 Å². The van der Waals surface area contributed by atoms with E-state index in [4.69, 9.17) is 0 Å². The molecule has 0 aliphatic heterocycles. The van der Waals surface area contributed by atoms with Crippen molar-refractivity contribution in [2.24, 2.45) is 5.10 Å². The zero-order valence-corrected chi connectivity index (χ0v) is 13.2. The molecule has 0 bridgehead atoms. The van der Waals surface area contributed by atoms with Crippen LogP contribution in [0.4, 0.5) is 5.69 Å². The Labute approximate surface area is 130 Å². The standard InChI is InChI=1S/C14H14BrN3OS/c1-10(17-12-6-4-11(15)5-7-12)14(19)18-16-9-13-3-2-8-20-13/h2-10,17H,1H3,(H,18,19)/b16-9-. The molecule has 0 fully saturated rings. The van der Waals surface area contributed by atoms with Crippen LogP contribution >= 0.6 is 27.3 Å². The maximum absolute atomic E-state index is 11.8. The number of carbonyl (C=O) groups is 1. The summed E-state index contributed by atoms with van der Waals surface area (Å²) in [5.41, 5.74) is 3.40. The second-order valence-corrected chi connectivity index (χ2v) is 6.02. The zero-order valence-electron chi connectivity index (χ0n) is 10.8. The van der Waals surface area contributed by atoms with Crippen LogP contribution in [0.5, 0.6) is 0 Å². The largest absolute Gasteiger partial charge is 0.374 e. The fraction of sp³-hybridized carbons (Fsp3) is 0.143. The first-order chi connectivity index (χ1) is 9.65. The van der Waals surface area contributed by atoms with Gasteiger partial charge in [-0.05, 0) is 42.6 Å². The van der Waals surface area contributed by atoms with Crippen molar-refractivity contribution < 1.29 is 4.79 Å². The van der Waals surface area contributed by atoms with Gasteiger partial charge in [-0.3, -0.25) is 4.79 Å². The molecule has 1 atom stereocenters. The van der Waals surface area contributed by atoms with E-state index in [-0.39, 0.29) is 11.9 Å². The molecule has 6 heteroatoms. The Balaban J connectivity index is 1.84. The monoisotopic (exact) mass is 351 g/mol. The van der Waals surface area contributed by atoms with Crippen LogP contribution in [0.15, 0.2) is 51.4 Å². The van der Waals surface area contributed by atoms with Gasteiger partial charge in [-0.2, -0.15) is 5.10 Å². The van der Waals surface area contributed by atoms with Crippen LogP contribution in [-0.4, -0.2) is 18.2 Å². The van der Waals surface area contributed by atoms with E-state index in [1.165, 1.54) is 0 Å². The molecule has 2 rings (SSSR count). The molecule has 0 saturated carbocycles. The number of nitrogens with one attached hydrogen (secondary N) is 2. The Morgan fingerprint density at radius 1 is 1.35 bits per heavy atom. The Bertz CT molecular complexity index is 581. The van der Waals surface area contributed by atoms with Gasteiger partial charge in [-0.25, -0.2) is 5.43 Å². The number of hydrogen-bond acceptors (Lipinski definition) is 4. The molecule has 1 aromatic heterocycles. The van der Waals surface area contributed by atoms with E-state index in [1.807, 2.05) is 41.8 Å². The van der Waals surface area contributed by atoms with Crippen LogP contribution in [0.25, 0.3) is 0 Å². The lowest BCUT2D eigenvalue weighted by molar-refractivity contribution is -0.121. The SMILES string of the molecule is CC(Nc1ccc(Br)cc1)C(=O)N/N=C\c1cccs1. The molecule has 2 N–H and O–H groups in total. The summed E-state index contributed by atoms with van der Waals surface area (Å²) in [6.45, 7) is 1.79. The summed E-state index contributed by atoms with van der Waals surface area (Å²) in [5, 5.41) is 9.00. The van der Waals surface area contributed by atoms with Gasteiger partial charge < -0.3 is 5.32 Å². The quantitative estimate of drug-likeness (QED) is 0.640. The predicted octanol–water partition coefficient (Wildman–Crippen LogP) is 3.46. The molecule has 1 aromatic carbocycles. The van der Waals surface area contributed by atoms with Gasteiger partial charge in [0, 0.05) is 15.0 Å². The minimum Gasteiger partial charge on any atom is -0.374 e. The molecule has 1 unspecified atom stereocenters. The maximum atomic E-state index is 11.8. The summed E-state index contributed by atoms with van der Waals surface area (Å²) >= 11 is 4.93. The fourth-order valence-corrected chi connectivity index (χ4v) is 2.33. The minimum atomic E-state index is -0.364. The van der Waals surface area contributed by atoms with E-state index in [0.29, 0.717) is 0 Å². The lowest BCUT2D eigenvalue weighted by Crippen LogP contribution is -2.34. The second-order valence-electron chi connectivity index (χ2n) is 4.12. The van der Waals surface area contributed by atoms with Gasteiger partial charge in [0.25, 0.3) is 5.91 Å². The minimum absolute atomic E-state index is 0.180. The number of hydrazone groups is 1. The predicted molar refractivity (Wildman–Crippen MR) is 87.3 cm³/mol. The van der Waals surface area contributed by atoms with Crippen LogP contribution in [0.2, 0.25) is 0 Å². The molecule has 1 amide bonds. The molecule has 1 heterocycles. The zero-order chi connectivity index (χ0) is 14.4. The average molecular weight is 352 g/mol. The summed E-state index contributed by atoms with van der Waals surface area (Å²) in [7, 11) is 0. The molecule has 2 aromatic rings. The Hall–Kier alpha value is -1.66. The molecular formula is C14H14BrN3OS. The van der Waals surface area contributed by atoms with Gasteiger partial charge in [-0.1, -0.05) is 22.0 Å². The molecule has 104 valence electrons. The summed E-state index contributed by atoms with van der Waals surface area (Å²) in [5.74, 6) is -0.180. The highest BCUT2D eigenvalue weighted by Gasteiger charge is 2.11. The third-order valence-corrected chi connectivity index (χ3v) is 3.87. The van der Waals surface area contributed by atoms with Crippen molar-refractivity contribution in [2.75, 3.05) is 5.32 Å². The highest BCUT2D eigenvalue weighted by atomic mass is 79.9. The number of carbonyl (C=O) groups excluding carboxylic acids is 1. The van der Waals surface area contributed by atoms with E-state index < -0.39 is 0 Å². The Morgan fingerprint density at radius 2 is 2.10 bits per heavy atom. The highest BCUT2D eigenvalue weighted by Crippen LogP contribution is 2.14. The summed E-state index contributed by atoms with van der Waals surface area (Å²) in [6.07, 6.45) is 1.63. The number of thiophene rings is 1. The Morgan fingerprint density at radius 3 is 2.75 bits per heavy atom. The number of hydrogen-bond donors (Lipinski definition) is 2. The number of nitrogens with zero attached hydrogens (tertiary/aromatic N) is 1. The van der Waals surface area contributed by atoms with Crippen molar-refractivity contribution in [1.82, 2.24) is 5.43 Å². The first-order valence-corrected chi connectivity index (χ1v) is 7.71. The van der Waals surface area contributed by atoms with Crippen LogP contribution in [0, 0.1) is 0 Å². The summed E-state index contributed by atoms with van der Waals surface area (Å²) in [4.78, 5) is 12.8. The van der Waals surface area contributed by atoms with Crippen molar-refractivity contribution in [3.05, 3.63) is 51.1 Å². The van der Waals surface area contributed by atoms with Crippen LogP contribution in [-0.2, 0) is 4.79 Å². The van der Waals surface area contributed by atoms with Gasteiger partial charge in [0.2, 0.25) is 0 Å². The van der Waals surface area contributed by atoms with Crippen LogP contribution in [0.1, 0.15) is 11.8 Å². The fourth-order valence-electron chi connectivity index (χ4n) is 1.48. The molecule has 0 aliphatic rings. The molecule has 0 radical (unpaired) electrons. The van der Waals surface area contributed by atoms with Gasteiger partial charge in [0.15, 0.2) is 0 Å². The van der Waals surface area contributed by atoms with Crippen molar-refractivity contribution >= 4 is 45.1 Å². The van der Waals surface area contributed by atoms with Gasteiger partial charge in [0.1, 0.15) is 6.04 Å². The Kier molecular flexibility index (Phi) is 5.31. The van der Waals surface area contributed by atoms with Gasteiger partial charge >= 0.3 is 0 Å². The molecule has 4 nitrogen and oxygen atoms in total. The number of anilines is 1. The van der Waals surface area contributed by atoms with Crippen molar-refractivity contribution in [2.45, 2.75) is 13.0 Å². The van der Waals surface area contributed by atoms with Crippen LogP contribution < -0.4 is 10.7 Å². The number of amides is 1. The van der Waals surface area contributed by atoms with Crippen molar-refractivity contribution in [3.8, 4) is 0 Å². The molecule has 0 aliphatic carbocycles. The molecule has 0 spiro atoms. The summed E-state index contributed by atoms with van der Waals surface area (Å²) in [6, 6.07) is 11.2. The summed E-state index contributed by atoms with van der Waals surface area (Å²) < 4.78 is 1.00. The van der Waals surface area contributed by atoms with E-state index >= 15 is 0 Å². The normalized spacial score (nSPS) is 12.3. The van der Waals surface area contributed by atoms with E-state index in [2.05, 4.69) is 31.8 Å². The highest BCUT2D eigenvalue weighted by molar-refractivity contribution is 9.10. The molecular weight excluding hydrogens is 338 g/mol. The maximum Gasteiger partial charge on any atom is 0.262 e. The van der Waals surface area contributed by atoms with Crippen molar-refractivity contribution in [3.63, 3.8) is 0 Å². The first-order valence-electron chi connectivity index (χ1n) is 6.03. The van der Waals surface area contributed by atoms with Gasteiger partial charge in [0.05, 0.1) is 6.21 Å². The van der Waals surface area contributed by atoms with E-state index in [1.54, 1.807) is 24.5 Å². The number of halogens is 1. The topological polar surface area (TPSA) is 53.5 Å². The van der Waals surface area contributed by atoms with Gasteiger partial charge in [-0.15, -0.1) is 11.3 Å². The second kappa shape index (κ2) is 7.21. The lowest BCUT2D eigenvalue weighted by Gasteiger charge is -2.13. The number of benzene rings is 1. The average Bonchev–Trinajstić information content (AvgIpc) is 2.94. The third-order valence-electron chi connectivity index (χ3n) is 2.53. The lowest BCUT2D eigenvalue weighted by atomic mass is 10.2. The first kappa shape index (κ1) is 14.7. The third kappa shape index (κ3) is 4.47. The molecule has 0 saturated heterocycles. The van der Waals surface area contributed by atoms with E-state index in [0.717, 1.165) is 15.0 Å².